The number of unbranched alkanes of at least 4 members (excludes halogenated alkanes) is 1. The lowest BCUT2D eigenvalue weighted by Crippen LogP contribution is -2.40. The Morgan fingerprint density at radius 2 is 2.36 bits per heavy atom. The highest BCUT2D eigenvalue weighted by molar-refractivity contribution is 5.82. The summed E-state index contributed by atoms with van der Waals surface area (Å²) in [5, 5.41) is 14.7. The number of rotatable bonds is 5. The highest BCUT2D eigenvalue weighted by atomic mass is 16.2. The van der Waals surface area contributed by atoms with E-state index in [-0.39, 0.29) is 17.9 Å². The first-order chi connectivity index (χ1) is 6.69. The maximum atomic E-state index is 11.7. The molecule has 1 heterocycles. The molecule has 0 radical (unpaired) electrons. The van der Waals surface area contributed by atoms with Crippen LogP contribution in [0, 0.1) is 5.41 Å². The molecule has 0 aliphatic carbocycles. The van der Waals surface area contributed by atoms with E-state index in [0.717, 1.165) is 32.4 Å². The first-order valence-corrected chi connectivity index (χ1v) is 5.29. The van der Waals surface area contributed by atoms with Gasteiger partial charge >= 0.3 is 0 Å². The van der Waals surface area contributed by atoms with Crippen LogP contribution in [0.15, 0.2) is 0 Å². The summed E-state index contributed by atoms with van der Waals surface area (Å²) in [4.78, 5) is 11.7. The Bertz CT molecular complexity index is 189. The number of aliphatic hydroxyl groups excluding tert-OH is 1. The number of carbonyl (C=O) groups excluding carboxylic acids is 1. The largest absolute Gasteiger partial charge is 0.396 e. The van der Waals surface area contributed by atoms with E-state index in [0.29, 0.717) is 6.54 Å². The van der Waals surface area contributed by atoms with Crippen LogP contribution in [-0.4, -0.2) is 37.3 Å². The predicted octanol–water partition coefficient (Wildman–Crippen LogP) is -0.125. The molecule has 1 aliphatic heterocycles. The van der Waals surface area contributed by atoms with Gasteiger partial charge in [0.2, 0.25) is 5.91 Å². The standard InChI is InChI=1S/C10H20N2O2/c1-10(4-6-11-8-10)9(14)12-5-2-3-7-13/h11,13H,2-8H2,1H3,(H,12,14). The van der Waals surface area contributed by atoms with Crippen molar-refractivity contribution in [3.8, 4) is 0 Å². The van der Waals surface area contributed by atoms with Crippen LogP contribution in [-0.2, 0) is 4.79 Å². The SMILES string of the molecule is CC1(C(=O)NCCCCO)CCNC1. The van der Waals surface area contributed by atoms with Crippen molar-refractivity contribution in [2.24, 2.45) is 5.41 Å². The highest BCUT2D eigenvalue weighted by Gasteiger charge is 2.35. The van der Waals surface area contributed by atoms with Crippen molar-refractivity contribution < 1.29 is 9.90 Å². The fraction of sp³-hybridized carbons (Fsp3) is 0.900. The molecule has 82 valence electrons. The minimum Gasteiger partial charge on any atom is -0.396 e. The molecular formula is C10H20N2O2. The van der Waals surface area contributed by atoms with Gasteiger partial charge in [-0.1, -0.05) is 0 Å². The van der Waals surface area contributed by atoms with E-state index in [1.807, 2.05) is 6.92 Å². The van der Waals surface area contributed by atoms with Crippen molar-refractivity contribution in [2.75, 3.05) is 26.2 Å². The molecule has 1 amide bonds. The molecule has 0 aromatic heterocycles. The van der Waals surface area contributed by atoms with E-state index in [4.69, 9.17) is 5.11 Å². The van der Waals surface area contributed by atoms with E-state index in [9.17, 15) is 4.79 Å². The van der Waals surface area contributed by atoms with Gasteiger partial charge in [0.05, 0.1) is 5.41 Å². The van der Waals surface area contributed by atoms with Gasteiger partial charge in [-0.05, 0) is 32.7 Å². The Labute approximate surface area is 85.1 Å². The fourth-order valence-corrected chi connectivity index (χ4v) is 1.66. The topological polar surface area (TPSA) is 61.4 Å². The molecule has 0 aromatic carbocycles. The van der Waals surface area contributed by atoms with E-state index < -0.39 is 0 Å². The average molecular weight is 200 g/mol. The van der Waals surface area contributed by atoms with Crippen LogP contribution in [0.1, 0.15) is 26.2 Å². The van der Waals surface area contributed by atoms with Crippen LogP contribution >= 0.6 is 0 Å². The Hall–Kier alpha value is -0.610. The summed E-state index contributed by atoms with van der Waals surface area (Å²) in [6.07, 6.45) is 2.53. The van der Waals surface area contributed by atoms with Crippen molar-refractivity contribution in [3.05, 3.63) is 0 Å². The summed E-state index contributed by atoms with van der Waals surface area (Å²) in [7, 11) is 0. The first kappa shape index (κ1) is 11.5. The number of carbonyl (C=O) groups is 1. The third-order valence-corrected chi connectivity index (χ3v) is 2.79. The quantitative estimate of drug-likeness (QED) is 0.542. The summed E-state index contributed by atoms with van der Waals surface area (Å²) in [5.41, 5.74) is -0.223. The van der Waals surface area contributed by atoms with Gasteiger partial charge in [-0.3, -0.25) is 4.79 Å². The predicted molar refractivity (Wildman–Crippen MR) is 54.9 cm³/mol. The van der Waals surface area contributed by atoms with Gasteiger partial charge in [-0.15, -0.1) is 0 Å². The van der Waals surface area contributed by atoms with Gasteiger partial charge < -0.3 is 15.7 Å². The minimum atomic E-state index is -0.223. The molecule has 1 aliphatic rings. The smallest absolute Gasteiger partial charge is 0.227 e. The first-order valence-electron chi connectivity index (χ1n) is 5.29. The number of nitrogens with one attached hydrogen (secondary N) is 2. The second kappa shape index (κ2) is 5.32. The molecule has 1 atom stereocenters. The molecule has 14 heavy (non-hydrogen) atoms. The third-order valence-electron chi connectivity index (χ3n) is 2.79. The van der Waals surface area contributed by atoms with Gasteiger partial charge in [0.25, 0.3) is 0 Å². The fourth-order valence-electron chi connectivity index (χ4n) is 1.66. The third kappa shape index (κ3) is 2.96. The second-order valence-corrected chi connectivity index (χ2v) is 4.17. The zero-order chi connectivity index (χ0) is 10.4. The Kier molecular flexibility index (Phi) is 4.35. The Balaban J connectivity index is 2.20. The van der Waals surface area contributed by atoms with Gasteiger partial charge in [0.1, 0.15) is 0 Å². The monoisotopic (exact) mass is 200 g/mol. The molecule has 1 fully saturated rings. The molecule has 1 rings (SSSR count). The van der Waals surface area contributed by atoms with Gasteiger partial charge in [0, 0.05) is 19.7 Å². The van der Waals surface area contributed by atoms with Crippen molar-refractivity contribution in [1.82, 2.24) is 10.6 Å². The molecule has 0 bridgehead atoms. The van der Waals surface area contributed by atoms with E-state index in [1.165, 1.54) is 0 Å². The lowest BCUT2D eigenvalue weighted by Gasteiger charge is -2.21. The van der Waals surface area contributed by atoms with Crippen LogP contribution in [0.4, 0.5) is 0 Å². The molecule has 1 saturated heterocycles. The number of hydrogen-bond donors (Lipinski definition) is 3. The van der Waals surface area contributed by atoms with Crippen LogP contribution in [0.5, 0.6) is 0 Å². The van der Waals surface area contributed by atoms with Gasteiger partial charge in [0.15, 0.2) is 0 Å². The Morgan fingerprint density at radius 1 is 1.57 bits per heavy atom. The van der Waals surface area contributed by atoms with E-state index in [2.05, 4.69) is 10.6 Å². The molecule has 4 heteroatoms. The lowest BCUT2D eigenvalue weighted by atomic mass is 9.89. The van der Waals surface area contributed by atoms with Crippen molar-refractivity contribution >= 4 is 5.91 Å². The van der Waals surface area contributed by atoms with Crippen molar-refractivity contribution in [3.63, 3.8) is 0 Å². The van der Waals surface area contributed by atoms with Crippen molar-refractivity contribution in [1.29, 1.82) is 0 Å². The van der Waals surface area contributed by atoms with Gasteiger partial charge in [-0.2, -0.15) is 0 Å². The molecule has 0 saturated carbocycles. The summed E-state index contributed by atoms with van der Waals surface area (Å²) in [6.45, 7) is 4.58. The summed E-state index contributed by atoms with van der Waals surface area (Å²) >= 11 is 0. The van der Waals surface area contributed by atoms with Crippen LogP contribution in [0.3, 0.4) is 0 Å². The maximum absolute atomic E-state index is 11.7. The summed E-state index contributed by atoms with van der Waals surface area (Å²) in [6, 6.07) is 0. The van der Waals surface area contributed by atoms with Gasteiger partial charge in [-0.25, -0.2) is 0 Å². The molecule has 1 unspecified atom stereocenters. The van der Waals surface area contributed by atoms with Crippen LogP contribution < -0.4 is 10.6 Å². The zero-order valence-corrected chi connectivity index (χ0v) is 8.81. The molecule has 0 aromatic rings. The minimum absolute atomic E-state index is 0.139. The molecule has 4 nitrogen and oxygen atoms in total. The van der Waals surface area contributed by atoms with E-state index >= 15 is 0 Å². The second-order valence-electron chi connectivity index (χ2n) is 4.17. The molecule has 0 spiro atoms. The van der Waals surface area contributed by atoms with Crippen molar-refractivity contribution in [2.45, 2.75) is 26.2 Å². The number of aliphatic hydroxyl groups is 1. The molecule has 3 N–H and O–H groups in total. The number of amides is 1. The summed E-state index contributed by atoms with van der Waals surface area (Å²) < 4.78 is 0. The van der Waals surface area contributed by atoms with Crippen LogP contribution in [0.25, 0.3) is 0 Å². The zero-order valence-electron chi connectivity index (χ0n) is 8.81. The maximum Gasteiger partial charge on any atom is 0.227 e. The van der Waals surface area contributed by atoms with E-state index in [1.54, 1.807) is 0 Å². The lowest BCUT2D eigenvalue weighted by molar-refractivity contribution is -0.129. The normalized spacial score (nSPS) is 26.4. The summed E-state index contributed by atoms with van der Waals surface area (Å²) in [5.74, 6) is 0.139. The highest BCUT2D eigenvalue weighted by Crippen LogP contribution is 2.24. The van der Waals surface area contributed by atoms with Crippen LogP contribution in [0.2, 0.25) is 0 Å². The average Bonchev–Trinajstić information content (AvgIpc) is 2.61. The number of hydrogen-bond acceptors (Lipinski definition) is 3. The molecular weight excluding hydrogens is 180 g/mol. The Morgan fingerprint density at radius 3 is 2.93 bits per heavy atom.